The molecule has 2 aliphatic rings. The Morgan fingerprint density at radius 3 is 2.60 bits per heavy atom. The highest BCUT2D eigenvalue weighted by molar-refractivity contribution is 5.85. The van der Waals surface area contributed by atoms with Crippen LogP contribution < -0.4 is 5.32 Å². The monoisotopic (exact) mass is 383 g/mol. The van der Waals surface area contributed by atoms with Crippen LogP contribution in [-0.2, 0) is 17.9 Å². The molecule has 0 spiro atoms. The molecule has 0 unspecified atom stereocenters. The summed E-state index contributed by atoms with van der Waals surface area (Å²) in [6.07, 6.45) is 2.60. The molecule has 8 heteroatoms. The highest BCUT2D eigenvalue weighted by atomic mass is 35.5. The Balaban J connectivity index is 0.00000113. The number of aromatic nitrogens is 3. The number of hydrogen-bond donors (Lipinski definition) is 1. The first-order chi connectivity index (χ1) is 11.3. The number of rotatable bonds is 5. The second-order valence-electron chi connectivity index (χ2n) is 6.35. The lowest BCUT2D eigenvalue weighted by molar-refractivity contribution is -0.131. The van der Waals surface area contributed by atoms with Crippen molar-refractivity contribution in [2.24, 2.45) is 5.92 Å². The van der Waals surface area contributed by atoms with Crippen LogP contribution in [0.25, 0.3) is 11.4 Å². The lowest BCUT2D eigenvalue weighted by Gasteiger charge is -2.28. The second-order valence-corrected chi connectivity index (χ2v) is 6.35. The van der Waals surface area contributed by atoms with Gasteiger partial charge in [-0.05, 0) is 25.3 Å². The van der Waals surface area contributed by atoms with E-state index in [0.717, 1.165) is 42.8 Å². The number of hydrogen-bond acceptors (Lipinski definition) is 4. The van der Waals surface area contributed by atoms with Gasteiger partial charge in [-0.25, -0.2) is 0 Å². The third-order valence-electron chi connectivity index (χ3n) is 4.54. The van der Waals surface area contributed by atoms with Crippen molar-refractivity contribution in [1.29, 1.82) is 0 Å². The van der Waals surface area contributed by atoms with Crippen LogP contribution in [0.5, 0.6) is 0 Å². The molecule has 0 bridgehead atoms. The summed E-state index contributed by atoms with van der Waals surface area (Å²) < 4.78 is 2.12. The number of halogens is 2. The van der Waals surface area contributed by atoms with Crippen LogP contribution in [0.4, 0.5) is 0 Å². The highest BCUT2D eigenvalue weighted by Gasteiger charge is 2.25. The van der Waals surface area contributed by atoms with Crippen molar-refractivity contribution in [3.63, 3.8) is 0 Å². The van der Waals surface area contributed by atoms with E-state index >= 15 is 0 Å². The molecule has 0 radical (unpaired) electrons. The first-order valence-electron chi connectivity index (χ1n) is 8.27. The molecule has 1 aliphatic carbocycles. The van der Waals surface area contributed by atoms with Gasteiger partial charge in [0.25, 0.3) is 0 Å². The number of carbonyl (C=O) groups is 1. The van der Waals surface area contributed by atoms with Crippen LogP contribution in [0.3, 0.4) is 0 Å². The van der Waals surface area contributed by atoms with Crippen molar-refractivity contribution in [3.05, 3.63) is 36.2 Å². The molecule has 1 aliphatic heterocycles. The summed E-state index contributed by atoms with van der Waals surface area (Å²) in [5.41, 5.74) is 1.07. The van der Waals surface area contributed by atoms with Crippen molar-refractivity contribution in [2.45, 2.75) is 25.9 Å². The molecular weight excluding hydrogens is 361 g/mol. The van der Waals surface area contributed by atoms with Crippen LogP contribution >= 0.6 is 24.8 Å². The van der Waals surface area contributed by atoms with Gasteiger partial charge >= 0.3 is 0 Å². The largest absolute Gasteiger partial charge is 0.332 e. The van der Waals surface area contributed by atoms with Crippen molar-refractivity contribution < 1.29 is 4.79 Å². The average molecular weight is 384 g/mol. The number of carbonyl (C=O) groups excluding carboxylic acids is 1. The normalized spacial score (nSPS) is 15.8. The Labute approximate surface area is 159 Å². The second kappa shape index (κ2) is 8.65. The lowest BCUT2D eigenvalue weighted by atomic mass is 10.2. The average Bonchev–Trinajstić information content (AvgIpc) is 3.32. The number of amides is 1. The molecule has 1 N–H and O–H groups in total. The molecule has 25 heavy (non-hydrogen) atoms. The first kappa shape index (κ1) is 19.7. The van der Waals surface area contributed by atoms with Crippen LogP contribution in [-0.4, -0.2) is 45.2 Å². The van der Waals surface area contributed by atoms with Gasteiger partial charge in [-0.1, -0.05) is 30.3 Å². The maximum absolute atomic E-state index is 12.3. The quantitative estimate of drug-likeness (QED) is 0.858. The molecular formula is C17H23Cl2N5O. The number of fused-ring (bicyclic) bond motifs is 1. The van der Waals surface area contributed by atoms with Crippen LogP contribution in [0.2, 0.25) is 0 Å². The maximum atomic E-state index is 12.3. The molecule has 1 aromatic heterocycles. The highest BCUT2D eigenvalue weighted by Crippen LogP contribution is 2.27. The minimum atomic E-state index is 0. The Kier molecular flexibility index (Phi) is 6.81. The maximum Gasteiger partial charge on any atom is 0.236 e. The molecule has 2 heterocycles. The molecule has 1 amide bonds. The van der Waals surface area contributed by atoms with Gasteiger partial charge in [0.05, 0.1) is 13.1 Å². The number of nitrogens with zero attached hydrogens (tertiary/aromatic N) is 4. The zero-order valence-corrected chi connectivity index (χ0v) is 15.6. The van der Waals surface area contributed by atoms with Crippen LogP contribution in [0.1, 0.15) is 18.7 Å². The van der Waals surface area contributed by atoms with Crippen molar-refractivity contribution >= 4 is 30.7 Å². The van der Waals surface area contributed by atoms with Crippen molar-refractivity contribution in [2.75, 3.05) is 19.6 Å². The zero-order valence-electron chi connectivity index (χ0n) is 13.9. The predicted octanol–water partition coefficient (Wildman–Crippen LogP) is 2.13. The van der Waals surface area contributed by atoms with Gasteiger partial charge < -0.3 is 14.8 Å². The summed E-state index contributed by atoms with van der Waals surface area (Å²) >= 11 is 0. The Morgan fingerprint density at radius 1 is 1.12 bits per heavy atom. The fraction of sp³-hybridized carbons (Fsp3) is 0.471. The van der Waals surface area contributed by atoms with Gasteiger partial charge in [-0.15, -0.1) is 35.0 Å². The summed E-state index contributed by atoms with van der Waals surface area (Å²) in [4.78, 5) is 14.2. The summed E-state index contributed by atoms with van der Waals surface area (Å²) in [7, 11) is 0. The topological polar surface area (TPSA) is 63.1 Å². The lowest BCUT2D eigenvalue weighted by Crippen LogP contribution is -2.43. The van der Waals surface area contributed by atoms with E-state index in [1.165, 1.54) is 12.8 Å². The minimum Gasteiger partial charge on any atom is -0.332 e. The molecule has 1 fully saturated rings. The fourth-order valence-electron chi connectivity index (χ4n) is 2.99. The Morgan fingerprint density at radius 2 is 1.88 bits per heavy atom. The summed E-state index contributed by atoms with van der Waals surface area (Å²) in [6, 6.07) is 10.1. The molecule has 2 aromatic rings. The fourth-order valence-corrected chi connectivity index (χ4v) is 2.99. The van der Waals surface area contributed by atoms with E-state index in [0.29, 0.717) is 13.1 Å². The molecule has 4 rings (SSSR count). The van der Waals surface area contributed by atoms with Gasteiger partial charge in [0.1, 0.15) is 0 Å². The predicted molar refractivity (Wildman–Crippen MR) is 101 cm³/mol. The smallest absolute Gasteiger partial charge is 0.236 e. The Hall–Kier alpha value is -1.63. The van der Waals surface area contributed by atoms with Crippen molar-refractivity contribution in [3.8, 4) is 11.4 Å². The number of benzene rings is 1. The van der Waals surface area contributed by atoms with Crippen LogP contribution in [0, 0.1) is 5.92 Å². The molecule has 1 aromatic carbocycles. The zero-order chi connectivity index (χ0) is 15.6. The molecule has 0 atom stereocenters. The minimum absolute atomic E-state index is 0. The third kappa shape index (κ3) is 4.51. The SMILES string of the molecule is Cl.Cl.O=C(CNCC1CC1)N1CCn2c(nnc2-c2ccccc2)C1. The van der Waals surface area contributed by atoms with Crippen molar-refractivity contribution in [1.82, 2.24) is 25.0 Å². The van der Waals surface area contributed by atoms with E-state index in [-0.39, 0.29) is 30.7 Å². The third-order valence-corrected chi connectivity index (χ3v) is 4.54. The van der Waals surface area contributed by atoms with Gasteiger partial charge in [0, 0.05) is 18.7 Å². The number of nitrogens with one attached hydrogen (secondary N) is 1. The molecule has 136 valence electrons. The summed E-state index contributed by atoms with van der Waals surface area (Å²) in [6.45, 7) is 3.41. The van der Waals surface area contributed by atoms with E-state index < -0.39 is 0 Å². The molecule has 1 saturated carbocycles. The van der Waals surface area contributed by atoms with E-state index in [1.807, 2.05) is 35.2 Å². The van der Waals surface area contributed by atoms with Gasteiger partial charge in [0.2, 0.25) is 5.91 Å². The molecule has 6 nitrogen and oxygen atoms in total. The van der Waals surface area contributed by atoms with Gasteiger partial charge in [-0.2, -0.15) is 0 Å². The van der Waals surface area contributed by atoms with Gasteiger partial charge in [-0.3, -0.25) is 4.79 Å². The van der Waals surface area contributed by atoms with E-state index in [4.69, 9.17) is 0 Å². The standard InChI is InChI=1S/C17H21N5O.2ClH/c23-16(11-18-10-13-6-7-13)21-8-9-22-15(12-21)19-20-17(22)14-4-2-1-3-5-14;;/h1-5,13,18H,6-12H2;2*1H. The van der Waals surface area contributed by atoms with E-state index in [1.54, 1.807) is 0 Å². The van der Waals surface area contributed by atoms with Gasteiger partial charge in [0.15, 0.2) is 11.6 Å². The summed E-state index contributed by atoms with van der Waals surface area (Å²) in [5.74, 6) is 2.70. The summed E-state index contributed by atoms with van der Waals surface area (Å²) in [5, 5.41) is 11.9. The molecule has 0 saturated heterocycles. The van der Waals surface area contributed by atoms with E-state index in [2.05, 4.69) is 20.1 Å². The van der Waals surface area contributed by atoms with E-state index in [9.17, 15) is 4.79 Å². The first-order valence-corrected chi connectivity index (χ1v) is 8.27. The Bertz CT molecular complexity index is 702. The van der Waals surface area contributed by atoms with Crippen LogP contribution in [0.15, 0.2) is 30.3 Å².